The minimum absolute atomic E-state index is 0.0463. The molecule has 3 unspecified atom stereocenters. The third-order valence-corrected chi connectivity index (χ3v) is 4.07. The molecule has 4 nitrogen and oxygen atoms in total. The van der Waals surface area contributed by atoms with Gasteiger partial charge in [0.25, 0.3) is 0 Å². The lowest BCUT2D eigenvalue weighted by molar-refractivity contribution is -0.137. The van der Waals surface area contributed by atoms with Crippen molar-refractivity contribution in [1.29, 1.82) is 0 Å². The second-order valence-electron chi connectivity index (χ2n) is 5.55. The van der Waals surface area contributed by atoms with E-state index in [1.807, 2.05) is 4.90 Å². The first-order valence-corrected chi connectivity index (χ1v) is 7.25. The first kappa shape index (κ1) is 15.4. The molecule has 3 atom stereocenters. The van der Waals surface area contributed by atoms with Gasteiger partial charge in [-0.25, -0.2) is 0 Å². The Morgan fingerprint density at radius 1 is 1.39 bits per heavy atom. The molecule has 0 saturated heterocycles. The van der Waals surface area contributed by atoms with Crippen molar-refractivity contribution in [2.75, 3.05) is 19.7 Å². The van der Waals surface area contributed by atoms with E-state index in [1.165, 1.54) is 0 Å². The summed E-state index contributed by atoms with van der Waals surface area (Å²) in [4.78, 5) is 14.2. The van der Waals surface area contributed by atoms with Crippen molar-refractivity contribution < 1.29 is 9.90 Å². The number of rotatable bonds is 6. The second kappa shape index (κ2) is 7.74. The first-order valence-electron chi connectivity index (χ1n) is 7.25. The van der Waals surface area contributed by atoms with E-state index in [9.17, 15) is 4.79 Å². The fourth-order valence-electron chi connectivity index (χ4n) is 2.64. The molecule has 0 aliphatic heterocycles. The number of aliphatic hydroxyl groups excluding tert-OH is 1. The highest BCUT2D eigenvalue weighted by atomic mass is 16.3. The summed E-state index contributed by atoms with van der Waals surface area (Å²) in [6.07, 6.45) is 4.85. The molecule has 0 spiro atoms. The Morgan fingerprint density at radius 3 is 2.67 bits per heavy atom. The molecule has 0 aromatic rings. The molecule has 0 heterocycles. The van der Waals surface area contributed by atoms with Crippen LogP contribution in [0.15, 0.2) is 0 Å². The number of hydrogen-bond donors (Lipinski definition) is 2. The van der Waals surface area contributed by atoms with Crippen LogP contribution in [-0.2, 0) is 4.79 Å². The molecule has 1 aliphatic rings. The molecule has 1 amide bonds. The Kier molecular flexibility index (Phi) is 6.65. The van der Waals surface area contributed by atoms with Crippen LogP contribution in [0.3, 0.4) is 0 Å². The van der Waals surface area contributed by atoms with Crippen molar-refractivity contribution in [3.8, 4) is 0 Å². The molecular formula is C14H28N2O2. The summed E-state index contributed by atoms with van der Waals surface area (Å²) < 4.78 is 0. The van der Waals surface area contributed by atoms with Crippen molar-refractivity contribution in [1.82, 2.24) is 4.90 Å². The highest BCUT2D eigenvalue weighted by Gasteiger charge is 2.31. The van der Waals surface area contributed by atoms with Crippen LogP contribution in [0.4, 0.5) is 0 Å². The van der Waals surface area contributed by atoms with Crippen molar-refractivity contribution >= 4 is 5.91 Å². The summed E-state index contributed by atoms with van der Waals surface area (Å²) in [6.45, 7) is 5.54. The molecule has 0 bridgehead atoms. The van der Waals surface area contributed by atoms with E-state index in [0.717, 1.165) is 38.6 Å². The summed E-state index contributed by atoms with van der Waals surface area (Å²) in [7, 11) is 0. The van der Waals surface area contributed by atoms with Gasteiger partial charge in [0.2, 0.25) is 5.91 Å². The summed E-state index contributed by atoms with van der Waals surface area (Å²) in [5.74, 6) is 0.787. The van der Waals surface area contributed by atoms with Gasteiger partial charge >= 0.3 is 0 Å². The van der Waals surface area contributed by atoms with E-state index < -0.39 is 0 Å². The molecule has 18 heavy (non-hydrogen) atoms. The zero-order valence-electron chi connectivity index (χ0n) is 11.8. The minimum atomic E-state index is 0.0463. The molecule has 1 saturated carbocycles. The number of amides is 1. The van der Waals surface area contributed by atoms with Crippen molar-refractivity contribution in [2.24, 2.45) is 17.6 Å². The van der Waals surface area contributed by atoms with Crippen LogP contribution in [0.1, 0.15) is 46.0 Å². The van der Waals surface area contributed by atoms with Gasteiger partial charge in [0.1, 0.15) is 0 Å². The quantitative estimate of drug-likeness (QED) is 0.754. The lowest BCUT2D eigenvalue weighted by Gasteiger charge is -2.34. The largest absolute Gasteiger partial charge is 0.395 e. The lowest BCUT2D eigenvalue weighted by atomic mass is 9.79. The van der Waals surface area contributed by atoms with Crippen LogP contribution >= 0.6 is 0 Å². The predicted octanol–water partition coefficient (Wildman–Crippen LogP) is 1.37. The number of unbranched alkanes of at least 4 members (excludes halogenated alkanes) is 1. The van der Waals surface area contributed by atoms with Gasteiger partial charge in [-0.05, 0) is 31.6 Å². The Hall–Kier alpha value is -0.610. The van der Waals surface area contributed by atoms with Gasteiger partial charge in [-0.1, -0.05) is 20.3 Å². The molecular weight excluding hydrogens is 228 g/mol. The van der Waals surface area contributed by atoms with Crippen LogP contribution in [0.2, 0.25) is 0 Å². The van der Waals surface area contributed by atoms with Crippen LogP contribution in [0.5, 0.6) is 0 Å². The van der Waals surface area contributed by atoms with Gasteiger partial charge in [-0.2, -0.15) is 0 Å². The van der Waals surface area contributed by atoms with Crippen LogP contribution in [-0.4, -0.2) is 41.7 Å². The average Bonchev–Trinajstić information content (AvgIpc) is 2.37. The summed E-state index contributed by atoms with van der Waals surface area (Å²) in [6, 6.07) is 0.148. The van der Waals surface area contributed by atoms with Gasteiger partial charge in [0, 0.05) is 25.0 Å². The topological polar surface area (TPSA) is 66.6 Å². The fraction of sp³-hybridized carbons (Fsp3) is 0.929. The number of hydrogen-bond acceptors (Lipinski definition) is 3. The van der Waals surface area contributed by atoms with Crippen molar-refractivity contribution in [3.63, 3.8) is 0 Å². The zero-order valence-corrected chi connectivity index (χ0v) is 11.8. The molecule has 0 aromatic heterocycles. The maximum absolute atomic E-state index is 12.4. The van der Waals surface area contributed by atoms with Gasteiger partial charge < -0.3 is 15.7 Å². The second-order valence-corrected chi connectivity index (χ2v) is 5.55. The smallest absolute Gasteiger partial charge is 0.225 e. The van der Waals surface area contributed by atoms with Gasteiger partial charge in [-0.15, -0.1) is 0 Å². The Balaban J connectivity index is 2.53. The molecule has 106 valence electrons. The normalized spacial score (nSPS) is 28.1. The molecule has 1 aliphatic carbocycles. The molecule has 0 aromatic carbocycles. The van der Waals surface area contributed by atoms with Gasteiger partial charge in [0.15, 0.2) is 0 Å². The Bertz CT molecular complexity index is 252. The minimum Gasteiger partial charge on any atom is -0.395 e. The highest BCUT2D eigenvalue weighted by Crippen LogP contribution is 2.29. The SMILES string of the molecule is CCCCN(CCO)C(=O)C1CCC(C)C(N)C1. The lowest BCUT2D eigenvalue weighted by Crippen LogP contribution is -2.44. The maximum atomic E-state index is 12.4. The highest BCUT2D eigenvalue weighted by molar-refractivity contribution is 5.79. The molecule has 1 fully saturated rings. The Labute approximate surface area is 111 Å². The van der Waals surface area contributed by atoms with Gasteiger partial charge in [-0.3, -0.25) is 4.79 Å². The van der Waals surface area contributed by atoms with Gasteiger partial charge in [0.05, 0.1) is 6.61 Å². The van der Waals surface area contributed by atoms with E-state index in [1.54, 1.807) is 0 Å². The molecule has 0 radical (unpaired) electrons. The molecule has 4 heteroatoms. The van der Waals surface area contributed by atoms with Crippen molar-refractivity contribution in [2.45, 2.75) is 52.0 Å². The summed E-state index contributed by atoms with van der Waals surface area (Å²) in [5, 5.41) is 9.06. The first-order chi connectivity index (χ1) is 8.60. The van der Waals surface area contributed by atoms with Crippen LogP contribution in [0.25, 0.3) is 0 Å². The summed E-state index contributed by atoms with van der Waals surface area (Å²) in [5.41, 5.74) is 6.06. The number of nitrogens with two attached hydrogens (primary N) is 1. The van der Waals surface area contributed by atoms with E-state index in [2.05, 4.69) is 13.8 Å². The summed E-state index contributed by atoms with van der Waals surface area (Å²) >= 11 is 0. The molecule has 3 N–H and O–H groups in total. The number of carbonyl (C=O) groups excluding carboxylic acids is 1. The maximum Gasteiger partial charge on any atom is 0.225 e. The number of carbonyl (C=O) groups is 1. The number of nitrogens with zero attached hydrogens (tertiary/aromatic N) is 1. The van der Waals surface area contributed by atoms with E-state index in [-0.39, 0.29) is 24.5 Å². The predicted molar refractivity (Wildman–Crippen MR) is 73.1 cm³/mol. The van der Waals surface area contributed by atoms with E-state index >= 15 is 0 Å². The average molecular weight is 256 g/mol. The monoisotopic (exact) mass is 256 g/mol. The fourth-order valence-corrected chi connectivity index (χ4v) is 2.64. The van der Waals surface area contributed by atoms with E-state index in [0.29, 0.717) is 12.5 Å². The Morgan fingerprint density at radius 2 is 2.11 bits per heavy atom. The molecule has 1 rings (SSSR count). The standard InChI is InChI=1S/C14H28N2O2/c1-3-4-7-16(8-9-17)14(18)12-6-5-11(2)13(15)10-12/h11-13,17H,3-10,15H2,1-2H3. The van der Waals surface area contributed by atoms with Crippen LogP contribution in [0, 0.1) is 11.8 Å². The zero-order chi connectivity index (χ0) is 13.5. The third kappa shape index (κ3) is 4.25. The van der Waals surface area contributed by atoms with Crippen molar-refractivity contribution in [3.05, 3.63) is 0 Å². The van der Waals surface area contributed by atoms with E-state index in [4.69, 9.17) is 10.8 Å². The number of aliphatic hydroxyl groups is 1. The van der Waals surface area contributed by atoms with Crippen LogP contribution < -0.4 is 5.73 Å². The third-order valence-electron chi connectivity index (χ3n) is 4.07.